The fraction of sp³-hybridized carbons (Fsp3) is 0.333. The molecule has 1 heterocycles. The van der Waals surface area contributed by atoms with E-state index in [1.165, 1.54) is 5.56 Å². The van der Waals surface area contributed by atoms with Crippen LogP contribution in [0.4, 0.5) is 5.69 Å². The third-order valence-electron chi connectivity index (χ3n) is 4.52. The Labute approximate surface area is 160 Å². The molecule has 1 fully saturated rings. The molecule has 142 valence electrons. The zero-order valence-electron chi connectivity index (χ0n) is 15.9. The van der Waals surface area contributed by atoms with E-state index in [-0.39, 0.29) is 5.91 Å². The minimum absolute atomic E-state index is 0.214. The second-order valence-corrected chi connectivity index (χ2v) is 6.77. The summed E-state index contributed by atoms with van der Waals surface area (Å²) in [5.41, 5.74) is 6.42. The Hall–Kier alpha value is -2.70. The van der Waals surface area contributed by atoms with Gasteiger partial charge >= 0.3 is 0 Å². The molecule has 0 unspecified atom stereocenters. The summed E-state index contributed by atoms with van der Waals surface area (Å²) < 4.78 is 5.36. The highest BCUT2D eigenvalue weighted by atomic mass is 16.5. The normalized spacial score (nSPS) is 15.0. The van der Waals surface area contributed by atoms with Crippen molar-refractivity contribution in [2.45, 2.75) is 6.54 Å². The maximum atomic E-state index is 12.2. The molecule has 0 aromatic heterocycles. The molecular weight excluding hydrogens is 340 g/mol. The third kappa shape index (κ3) is 5.64. The highest BCUT2D eigenvalue weighted by molar-refractivity contribution is 5.94. The first-order chi connectivity index (χ1) is 13.1. The highest BCUT2D eigenvalue weighted by Gasteiger charge is 2.11. The first-order valence-corrected chi connectivity index (χ1v) is 9.11. The molecule has 1 aliphatic heterocycles. The monoisotopic (exact) mass is 366 g/mol. The molecule has 2 aromatic rings. The number of rotatable bonds is 6. The van der Waals surface area contributed by atoms with Crippen molar-refractivity contribution in [3.63, 3.8) is 0 Å². The van der Waals surface area contributed by atoms with Crippen molar-refractivity contribution in [1.82, 2.24) is 10.3 Å². The fourth-order valence-electron chi connectivity index (χ4n) is 2.87. The molecule has 27 heavy (non-hydrogen) atoms. The van der Waals surface area contributed by atoms with Gasteiger partial charge in [0.2, 0.25) is 0 Å². The maximum Gasteiger partial charge on any atom is 0.271 e. The van der Waals surface area contributed by atoms with Crippen LogP contribution in [0.3, 0.4) is 0 Å². The van der Waals surface area contributed by atoms with Crippen LogP contribution in [-0.4, -0.2) is 57.4 Å². The lowest BCUT2D eigenvalue weighted by Crippen LogP contribution is -2.35. The van der Waals surface area contributed by atoms with Crippen LogP contribution in [0.5, 0.6) is 0 Å². The van der Waals surface area contributed by atoms with E-state index in [0.29, 0.717) is 5.56 Å². The fourth-order valence-corrected chi connectivity index (χ4v) is 2.87. The minimum atomic E-state index is -0.214. The van der Waals surface area contributed by atoms with Gasteiger partial charge in [-0.3, -0.25) is 9.69 Å². The topological polar surface area (TPSA) is 57.2 Å². The highest BCUT2D eigenvalue weighted by Crippen LogP contribution is 2.11. The lowest BCUT2D eigenvalue weighted by Gasteiger charge is -2.26. The molecule has 1 saturated heterocycles. The molecule has 0 bridgehead atoms. The summed E-state index contributed by atoms with van der Waals surface area (Å²) in [6.45, 7) is 4.36. The summed E-state index contributed by atoms with van der Waals surface area (Å²) in [6, 6.07) is 15.6. The molecular formula is C21H26N4O2. The maximum absolute atomic E-state index is 12.2. The van der Waals surface area contributed by atoms with E-state index in [1.807, 2.05) is 67.5 Å². The third-order valence-corrected chi connectivity index (χ3v) is 4.52. The van der Waals surface area contributed by atoms with Crippen molar-refractivity contribution < 1.29 is 9.53 Å². The molecule has 6 heteroatoms. The average molecular weight is 366 g/mol. The van der Waals surface area contributed by atoms with Gasteiger partial charge in [-0.1, -0.05) is 24.3 Å². The van der Waals surface area contributed by atoms with Crippen LogP contribution >= 0.6 is 0 Å². The smallest absolute Gasteiger partial charge is 0.271 e. The first-order valence-electron chi connectivity index (χ1n) is 9.11. The van der Waals surface area contributed by atoms with E-state index in [1.54, 1.807) is 6.21 Å². The van der Waals surface area contributed by atoms with Gasteiger partial charge < -0.3 is 9.64 Å². The van der Waals surface area contributed by atoms with Gasteiger partial charge in [-0.25, -0.2) is 5.43 Å². The predicted octanol–water partition coefficient (Wildman–Crippen LogP) is 2.35. The molecule has 2 aromatic carbocycles. The lowest BCUT2D eigenvalue weighted by atomic mass is 10.1. The standard InChI is InChI=1S/C21H26N4O2/c1-24(2)20-9-5-17(6-10-20)15-22-23-21(26)19-7-3-18(4-8-19)16-25-11-13-27-14-12-25/h3-10,15H,11-14,16H2,1-2H3,(H,23,26)/b22-15-. The Bertz CT molecular complexity index is 764. The predicted molar refractivity (Wildman–Crippen MR) is 108 cm³/mol. The summed E-state index contributed by atoms with van der Waals surface area (Å²) in [5.74, 6) is -0.214. The molecule has 0 atom stereocenters. The summed E-state index contributed by atoms with van der Waals surface area (Å²) in [7, 11) is 3.99. The second-order valence-electron chi connectivity index (χ2n) is 6.77. The molecule has 1 N–H and O–H groups in total. The molecule has 0 aliphatic carbocycles. The Morgan fingerprint density at radius 2 is 1.78 bits per heavy atom. The number of nitrogens with zero attached hydrogens (tertiary/aromatic N) is 3. The van der Waals surface area contributed by atoms with Gasteiger partial charge in [0.1, 0.15) is 0 Å². The van der Waals surface area contributed by atoms with Gasteiger partial charge in [-0.05, 0) is 35.4 Å². The van der Waals surface area contributed by atoms with Crippen molar-refractivity contribution in [2.75, 3.05) is 45.3 Å². The summed E-state index contributed by atoms with van der Waals surface area (Å²) in [5, 5.41) is 4.05. The number of amides is 1. The molecule has 0 saturated carbocycles. The number of ether oxygens (including phenoxy) is 1. The van der Waals surface area contributed by atoms with E-state index < -0.39 is 0 Å². The number of hydrogen-bond acceptors (Lipinski definition) is 5. The average Bonchev–Trinajstić information content (AvgIpc) is 2.69. The zero-order valence-corrected chi connectivity index (χ0v) is 15.9. The van der Waals surface area contributed by atoms with Gasteiger partial charge in [0.05, 0.1) is 19.4 Å². The van der Waals surface area contributed by atoms with Gasteiger partial charge in [-0.2, -0.15) is 5.10 Å². The van der Waals surface area contributed by atoms with Gasteiger partial charge in [0.25, 0.3) is 5.91 Å². The lowest BCUT2D eigenvalue weighted by molar-refractivity contribution is 0.0342. The summed E-state index contributed by atoms with van der Waals surface area (Å²) >= 11 is 0. The molecule has 3 rings (SSSR count). The van der Waals surface area contributed by atoms with Crippen LogP contribution in [0.15, 0.2) is 53.6 Å². The zero-order chi connectivity index (χ0) is 19.1. The van der Waals surface area contributed by atoms with Crippen molar-refractivity contribution in [3.05, 3.63) is 65.2 Å². The summed E-state index contributed by atoms with van der Waals surface area (Å²) in [4.78, 5) is 16.6. The number of morpholine rings is 1. The Balaban J connectivity index is 1.51. The van der Waals surface area contributed by atoms with Gasteiger partial charge in [-0.15, -0.1) is 0 Å². The summed E-state index contributed by atoms with van der Waals surface area (Å²) in [6.07, 6.45) is 1.64. The van der Waals surface area contributed by atoms with E-state index in [0.717, 1.165) is 44.1 Å². The number of hydrazone groups is 1. The van der Waals surface area contributed by atoms with Crippen LogP contribution in [0.2, 0.25) is 0 Å². The second kappa shape index (κ2) is 9.30. The quantitative estimate of drug-likeness (QED) is 0.630. The van der Waals surface area contributed by atoms with Crippen molar-refractivity contribution in [1.29, 1.82) is 0 Å². The SMILES string of the molecule is CN(C)c1ccc(/C=N\NC(=O)c2ccc(CN3CCOCC3)cc2)cc1. The Morgan fingerprint density at radius 1 is 1.11 bits per heavy atom. The van der Waals surface area contributed by atoms with Crippen LogP contribution in [0.25, 0.3) is 0 Å². The number of nitrogens with one attached hydrogen (secondary N) is 1. The van der Waals surface area contributed by atoms with Crippen molar-refractivity contribution in [3.8, 4) is 0 Å². The van der Waals surface area contributed by atoms with Gasteiger partial charge in [0.15, 0.2) is 0 Å². The van der Waals surface area contributed by atoms with Crippen LogP contribution < -0.4 is 10.3 Å². The van der Waals surface area contributed by atoms with E-state index >= 15 is 0 Å². The largest absolute Gasteiger partial charge is 0.379 e. The Morgan fingerprint density at radius 3 is 2.41 bits per heavy atom. The van der Waals surface area contributed by atoms with E-state index in [9.17, 15) is 4.79 Å². The number of anilines is 1. The van der Waals surface area contributed by atoms with Crippen molar-refractivity contribution in [2.24, 2.45) is 5.10 Å². The molecule has 6 nitrogen and oxygen atoms in total. The van der Waals surface area contributed by atoms with Crippen LogP contribution in [0.1, 0.15) is 21.5 Å². The van der Waals surface area contributed by atoms with E-state index in [4.69, 9.17) is 4.74 Å². The number of hydrogen-bond donors (Lipinski definition) is 1. The van der Waals surface area contributed by atoms with Crippen LogP contribution in [-0.2, 0) is 11.3 Å². The van der Waals surface area contributed by atoms with Crippen molar-refractivity contribution >= 4 is 17.8 Å². The molecule has 1 amide bonds. The van der Waals surface area contributed by atoms with E-state index in [2.05, 4.69) is 15.4 Å². The molecule has 1 aliphatic rings. The Kier molecular flexibility index (Phi) is 6.57. The number of carbonyl (C=O) groups excluding carboxylic acids is 1. The number of benzene rings is 2. The molecule has 0 spiro atoms. The minimum Gasteiger partial charge on any atom is -0.379 e. The van der Waals surface area contributed by atoms with Crippen LogP contribution in [0, 0.1) is 0 Å². The molecule has 0 radical (unpaired) electrons. The van der Waals surface area contributed by atoms with Gasteiger partial charge in [0, 0.05) is 45.0 Å². The first kappa shape index (κ1) is 19.1. The number of carbonyl (C=O) groups is 1.